The molecule has 0 spiro atoms. The van der Waals surface area contributed by atoms with E-state index in [1.54, 1.807) is 24.3 Å². The van der Waals surface area contributed by atoms with E-state index >= 15 is 0 Å². The number of ether oxygens (including phenoxy) is 2. The predicted octanol–water partition coefficient (Wildman–Crippen LogP) is 7.03. The molecule has 1 aliphatic rings. The lowest BCUT2D eigenvalue weighted by Gasteiger charge is -2.32. The average Bonchev–Trinajstić information content (AvgIpc) is 3.34. The molecule has 228 valence electrons. The van der Waals surface area contributed by atoms with E-state index in [2.05, 4.69) is 25.2 Å². The van der Waals surface area contributed by atoms with Crippen LogP contribution in [-0.2, 0) is 0 Å². The summed E-state index contributed by atoms with van der Waals surface area (Å²) in [4.78, 5) is 13.2. The maximum Gasteiger partial charge on any atom is 0.422 e. The van der Waals surface area contributed by atoms with E-state index in [-0.39, 0.29) is 23.5 Å². The van der Waals surface area contributed by atoms with Crippen molar-refractivity contribution in [3.05, 3.63) is 65.4 Å². The molecule has 16 heteroatoms. The lowest BCUT2D eigenvalue weighted by Crippen LogP contribution is -2.33. The smallest absolute Gasteiger partial charge is 0.422 e. The van der Waals surface area contributed by atoms with Gasteiger partial charge < -0.3 is 20.1 Å². The normalized spacial score (nSPS) is 17.1. The molecule has 2 N–H and O–H groups in total. The monoisotopic (exact) mass is 610 g/mol. The first-order valence-corrected chi connectivity index (χ1v) is 12.3. The summed E-state index contributed by atoms with van der Waals surface area (Å²) in [6, 6.07) is 7.58. The molecule has 0 saturated heterocycles. The fourth-order valence-corrected chi connectivity index (χ4v) is 4.13. The Bertz CT molecular complexity index is 1390. The van der Waals surface area contributed by atoms with Crippen molar-refractivity contribution in [3.63, 3.8) is 0 Å². The zero-order chi connectivity index (χ0) is 30.8. The molecule has 3 aromatic rings. The van der Waals surface area contributed by atoms with Gasteiger partial charge in [0.05, 0.1) is 12.2 Å². The average molecular weight is 610 g/mol. The van der Waals surface area contributed by atoms with E-state index in [0.717, 1.165) is 34.6 Å². The second-order valence-corrected chi connectivity index (χ2v) is 9.50. The number of nitrogens with zero attached hydrogens (tertiary/aromatic N) is 2. The fraction of sp³-hybridized carbons (Fsp3) is 0.385. The van der Waals surface area contributed by atoms with Crippen LogP contribution in [0.5, 0.6) is 11.5 Å². The second kappa shape index (κ2) is 12.0. The summed E-state index contributed by atoms with van der Waals surface area (Å²) in [5.74, 6) is -6.81. The van der Waals surface area contributed by atoms with E-state index in [1.807, 2.05) is 6.92 Å². The van der Waals surface area contributed by atoms with Crippen LogP contribution in [0.4, 0.5) is 51.0 Å². The number of fused-ring (bicyclic) bond motifs is 1. The molecule has 0 radical (unpaired) electrons. The minimum Gasteiger partial charge on any atom is -0.487 e. The summed E-state index contributed by atoms with van der Waals surface area (Å²) in [5, 5.41) is 9.23. The third kappa shape index (κ3) is 7.39. The van der Waals surface area contributed by atoms with Gasteiger partial charge in [-0.25, -0.2) is 22.2 Å². The summed E-state index contributed by atoms with van der Waals surface area (Å²) >= 11 is 0. The summed E-state index contributed by atoms with van der Waals surface area (Å²) in [5.41, 5.74) is 1.06. The minimum absolute atomic E-state index is 0.0565. The highest BCUT2D eigenvalue weighted by molar-refractivity contribution is 6.07. The topological polar surface area (TPSA) is 77.4 Å². The summed E-state index contributed by atoms with van der Waals surface area (Å²) in [6.07, 6.45) is -10.8. The van der Waals surface area contributed by atoms with E-state index in [4.69, 9.17) is 0 Å². The summed E-state index contributed by atoms with van der Waals surface area (Å²) in [6.45, 7) is -1.77. The van der Waals surface area contributed by atoms with Crippen molar-refractivity contribution in [2.45, 2.75) is 50.4 Å². The molecule has 0 saturated carbocycles. The Morgan fingerprint density at radius 3 is 2.21 bits per heavy atom. The Morgan fingerprint density at radius 1 is 1.02 bits per heavy atom. The molecule has 1 aromatic heterocycles. The Kier molecular flexibility index (Phi) is 8.82. The molecule has 0 fully saturated rings. The first kappa shape index (κ1) is 30.8. The highest BCUT2D eigenvalue weighted by Gasteiger charge is 2.42. The molecule has 0 bridgehead atoms. The lowest BCUT2D eigenvalue weighted by molar-refractivity contribution is -0.153. The highest BCUT2D eigenvalue weighted by atomic mass is 19.4. The molecule has 2 aromatic carbocycles. The van der Waals surface area contributed by atoms with E-state index in [1.165, 1.54) is 0 Å². The molecule has 1 aliphatic heterocycles. The van der Waals surface area contributed by atoms with Crippen LogP contribution in [0.1, 0.15) is 40.0 Å². The summed E-state index contributed by atoms with van der Waals surface area (Å²) < 4.78 is 128. The van der Waals surface area contributed by atoms with Gasteiger partial charge in [0.2, 0.25) is 0 Å². The fourth-order valence-electron chi connectivity index (χ4n) is 4.13. The minimum atomic E-state index is -4.79. The van der Waals surface area contributed by atoms with Gasteiger partial charge in [-0.3, -0.25) is 4.79 Å². The number of nitrogens with one attached hydrogen (secondary N) is 2. The van der Waals surface area contributed by atoms with Crippen molar-refractivity contribution in [1.29, 1.82) is 0 Å². The molecule has 0 aliphatic carbocycles. The van der Waals surface area contributed by atoms with Crippen molar-refractivity contribution in [3.8, 4) is 11.5 Å². The summed E-state index contributed by atoms with van der Waals surface area (Å²) in [7, 11) is 0. The predicted molar refractivity (Wildman–Crippen MR) is 132 cm³/mol. The van der Waals surface area contributed by atoms with Crippen LogP contribution >= 0.6 is 0 Å². The third-order valence-electron chi connectivity index (χ3n) is 6.20. The van der Waals surface area contributed by atoms with Gasteiger partial charge >= 0.3 is 18.5 Å². The molecule has 7 nitrogen and oxygen atoms in total. The first-order valence-electron chi connectivity index (χ1n) is 12.3. The van der Waals surface area contributed by atoms with E-state index < -0.39 is 67.7 Å². The van der Waals surface area contributed by atoms with Gasteiger partial charge in [-0.05, 0) is 18.9 Å². The lowest BCUT2D eigenvalue weighted by atomic mass is 9.96. The van der Waals surface area contributed by atoms with Crippen LogP contribution in [0, 0.1) is 6.92 Å². The van der Waals surface area contributed by atoms with Crippen LogP contribution in [0.25, 0.3) is 0 Å². The zero-order valence-electron chi connectivity index (χ0n) is 21.6. The Hall–Kier alpha value is -4.11. The Morgan fingerprint density at radius 2 is 1.64 bits per heavy atom. The third-order valence-corrected chi connectivity index (χ3v) is 6.20. The standard InChI is InChI=1S/C26H23F9N4O3/c1-13-2-4-14(5-3-13)19-9-20(21(27)28)39-22(38-19)18(10-36-39)23(40)37-15-6-16(41-11-25(31,32)24(29)30)8-17(7-15)42-12-26(33,34)35/h2-8,10,19-21,24,38H,9,11-12H2,1H3,(H,37,40)/t19-,20-/m1/s1. The number of aryl methyl sites for hydroxylation is 1. The van der Waals surface area contributed by atoms with Gasteiger partial charge in [0.25, 0.3) is 12.3 Å². The van der Waals surface area contributed by atoms with Crippen LogP contribution < -0.4 is 20.1 Å². The molecule has 4 rings (SSSR count). The first-order chi connectivity index (χ1) is 19.6. The van der Waals surface area contributed by atoms with Crippen molar-refractivity contribution >= 4 is 17.4 Å². The molecule has 2 atom stereocenters. The number of alkyl halides is 9. The van der Waals surface area contributed by atoms with Gasteiger partial charge in [0.15, 0.2) is 13.2 Å². The number of carbonyl (C=O) groups excluding carboxylic acids is 1. The van der Waals surface area contributed by atoms with Crippen LogP contribution in [-0.4, -0.2) is 53.9 Å². The number of rotatable bonds is 10. The Balaban J connectivity index is 1.61. The number of halogens is 9. The molecular formula is C26H23F9N4O3. The number of hydrogen-bond donors (Lipinski definition) is 2. The largest absolute Gasteiger partial charge is 0.487 e. The van der Waals surface area contributed by atoms with Gasteiger partial charge in [0.1, 0.15) is 28.9 Å². The molecule has 2 heterocycles. The quantitative estimate of drug-likeness (QED) is 0.241. The van der Waals surface area contributed by atoms with Crippen molar-refractivity contribution in [1.82, 2.24) is 9.78 Å². The van der Waals surface area contributed by atoms with Gasteiger partial charge in [-0.15, -0.1) is 0 Å². The molecule has 1 amide bonds. The van der Waals surface area contributed by atoms with Gasteiger partial charge in [-0.2, -0.15) is 27.1 Å². The number of anilines is 2. The highest BCUT2D eigenvalue weighted by Crippen LogP contribution is 2.40. The van der Waals surface area contributed by atoms with Crippen LogP contribution in [0.15, 0.2) is 48.7 Å². The second-order valence-electron chi connectivity index (χ2n) is 9.50. The number of aromatic nitrogens is 2. The molecular weight excluding hydrogens is 587 g/mol. The number of benzene rings is 2. The van der Waals surface area contributed by atoms with Crippen molar-refractivity contribution in [2.24, 2.45) is 0 Å². The maximum atomic E-state index is 14.0. The SMILES string of the molecule is Cc1ccc([C@H]2C[C@H](C(F)F)n3ncc(C(=O)Nc4cc(OCC(F)(F)F)cc(OCC(F)(F)C(F)F)c4)c3N2)cc1. The van der Waals surface area contributed by atoms with Crippen molar-refractivity contribution in [2.75, 3.05) is 23.8 Å². The number of carbonyl (C=O) groups is 1. The van der Waals surface area contributed by atoms with Gasteiger partial charge in [-0.1, -0.05) is 29.8 Å². The van der Waals surface area contributed by atoms with E-state index in [9.17, 15) is 44.3 Å². The number of hydrogen-bond acceptors (Lipinski definition) is 5. The van der Waals surface area contributed by atoms with Crippen molar-refractivity contribution < 1.29 is 53.8 Å². The molecule has 42 heavy (non-hydrogen) atoms. The van der Waals surface area contributed by atoms with E-state index in [0.29, 0.717) is 5.56 Å². The van der Waals surface area contributed by atoms with Crippen LogP contribution in [0.2, 0.25) is 0 Å². The molecule has 0 unspecified atom stereocenters. The van der Waals surface area contributed by atoms with Gasteiger partial charge in [0, 0.05) is 23.9 Å². The maximum absolute atomic E-state index is 14.0. The Labute approximate surface area is 232 Å². The number of amides is 1. The zero-order valence-corrected chi connectivity index (χ0v) is 21.6. The van der Waals surface area contributed by atoms with Crippen LogP contribution in [0.3, 0.4) is 0 Å².